The van der Waals surface area contributed by atoms with E-state index in [4.69, 9.17) is 4.74 Å². The molecule has 6 nitrogen and oxygen atoms in total. The third-order valence-electron chi connectivity index (χ3n) is 5.19. The molecule has 0 bridgehead atoms. The number of rotatable bonds is 6. The lowest BCUT2D eigenvalue weighted by atomic mass is 10.1. The van der Waals surface area contributed by atoms with Gasteiger partial charge in [-0.1, -0.05) is 12.1 Å². The molecule has 0 spiro atoms. The molecule has 1 aliphatic rings. The average molecular weight is 456 g/mol. The van der Waals surface area contributed by atoms with Crippen LogP contribution in [0.5, 0.6) is 5.75 Å². The molecule has 1 saturated heterocycles. The van der Waals surface area contributed by atoms with Gasteiger partial charge < -0.3 is 10.1 Å². The highest BCUT2D eigenvalue weighted by Gasteiger charge is 2.31. The van der Waals surface area contributed by atoms with Gasteiger partial charge in [0.2, 0.25) is 10.0 Å². The van der Waals surface area contributed by atoms with E-state index in [1.54, 1.807) is 6.92 Å². The van der Waals surface area contributed by atoms with E-state index in [0.29, 0.717) is 18.7 Å². The zero-order chi connectivity index (χ0) is 22.8. The number of methoxy groups -OCH3 is 1. The predicted octanol–water partition coefficient (Wildman–Crippen LogP) is 3.99. The van der Waals surface area contributed by atoms with Gasteiger partial charge in [0.25, 0.3) is 5.91 Å². The summed E-state index contributed by atoms with van der Waals surface area (Å²) in [4.78, 5) is 12.6. The molecule has 1 aliphatic heterocycles. The van der Waals surface area contributed by atoms with Crippen LogP contribution in [-0.4, -0.2) is 38.8 Å². The molecule has 31 heavy (non-hydrogen) atoms. The van der Waals surface area contributed by atoms with E-state index in [-0.39, 0.29) is 16.2 Å². The van der Waals surface area contributed by atoms with Crippen LogP contribution in [0.3, 0.4) is 0 Å². The SMILES string of the molecule is COc1ccc(C(=O)NC(C)c2ccc(C(F)(F)F)cc2)cc1S(=O)(=O)N1CCCC1. The van der Waals surface area contributed by atoms with E-state index < -0.39 is 33.7 Å². The van der Waals surface area contributed by atoms with Crippen LogP contribution < -0.4 is 10.1 Å². The number of hydrogen-bond acceptors (Lipinski definition) is 4. The monoisotopic (exact) mass is 456 g/mol. The second-order valence-electron chi connectivity index (χ2n) is 7.29. The molecule has 0 radical (unpaired) electrons. The fraction of sp³-hybridized carbons (Fsp3) is 0.381. The number of halogens is 3. The Morgan fingerprint density at radius 1 is 1.10 bits per heavy atom. The van der Waals surface area contributed by atoms with Crippen LogP contribution in [0, 0.1) is 0 Å². The van der Waals surface area contributed by atoms with Crippen molar-refractivity contribution in [3.8, 4) is 5.75 Å². The summed E-state index contributed by atoms with van der Waals surface area (Å²) in [6, 6.07) is 8.03. The van der Waals surface area contributed by atoms with Gasteiger partial charge in [-0.25, -0.2) is 8.42 Å². The highest BCUT2D eigenvalue weighted by molar-refractivity contribution is 7.89. The summed E-state index contributed by atoms with van der Waals surface area (Å²) in [5.74, 6) is -0.410. The normalized spacial score (nSPS) is 16.2. The summed E-state index contributed by atoms with van der Waals surface area (Å²) in [6.45, 7) is 2.45. The predicted molar refractivity (Wildman–Crippen MR) is 108 cm³/mol. The highest BCUT2D eigenvalue weighted by Crippen LogP contribution is 2.31. The molecule has 168 valence electrons. The third kappa shape index (κ3) is 5.01. The number of alkyl halides is 3. The molecule has 1 unspecified atom stereocenters. The van der Waals surface area contributed by atoms with Gasteiger partial charge in [0, 0.05) is 18.7 Å². The van der Waals surface area contributed by atoms with Crippen LogP contribution in [0.1, 0.15) is 47.3 Å². The molecular weight excluding hydrogens is 433 g/mol. The van der Waals surface area contributed by atoms with Crippen molar-refractivity contribution in [3.63, 3.8) is 0 Å². The number of nitrogens with one attached hydrogen (secondary N) is 1. The Hall–Kier alpha value is -2.59. The number of sulfonamides is 1. The minimum Gasteiger partial charge on any atom is -0.495 e. The first-order chi connectivity index (χ1) is 14.5. The summed E-state index contributed by atoms with van der Waals surface area (Å²) in [5.41, 5.74) is -0.182. The van der Waals surface area contributed by atoms with Crippen molar-refractivity contribution < 1.29 is 31.1 Å². The van der Waals surface area contributed by atoms with Crippen molar-refractivity contribution in [2.75, 3.05) is 20.2 Å². The van der Waals surface area contributed by atoms with Crippen LogP contribution in [0.15, 0.2) is 47.4 Å². The Kier molecular flexibility index (Phi) is 6.61. The highest BCUT2D eigenvalue weighted by atomic mass is 32.2. The Morgan fingerprint density at radius 2 is 1.71 bits per heavy atom. The third-order valence-corrected chi connectivity index (χ3v) is 7.11. The standard InChI is InChI=1S/C21H23F3N2O4S/c1-14(15-5-8-17(9-6-15)21(22,23)24)25-20(27)16-7-10-18(30-2)19(13-16)31(28,29)26-11-3-4-12-26/h5-10,13-14H,3-4,11-12H2,1-2H3,(H,25,27). The maximum atomic E-state index is 13.0. The van der Waals surface area contributed by atoms with Crippen molar-refractivity contribution in [2.24, 2.45) is 0 Å². The minimum absolute atomic E-state index is 0.0910. The molecule has 3 rings (SSSR count). The summed E-state index contributed by atoms with van der Waals surface area (Å²) in [7, 11) is -2.46. The Morgan fingerprint density at radius 3 is 2.26 bits per heavy atom. The van der Waals surface area contributed by atoms with Gasteiger partial charge in [0.15, 0.2) is 0 Å². The zero-order valence-electron chi connectivity index (χ0n) is 17.1. The molecule has 1 atom stereocenters. The molecular formula is C21H23F3N2O4S. The van der Waals surface area contributed by atoms with Crippen LogP contribution in [0.25, 0.3) is 0 Å². The number of nitrogens with zero attached hydrogens (tertiary/aromatic N) is 1. The lowest BCUT2D eigenvalue weighted by Crippen LogP contribution is -2.29. The second-order valence-corrected chi connectivity index (χ2v) is 9.20. The van der Waals surface area contributed by atoms with Crippen molar-refractivity contribution >= 4 is 15.9 Å². The molecule has 0 saturated carbocycles. The first-order valence-corrected chi connectivity index (χ1v) is 11.1. The summed E-state index contributed by atoms with van der Waals surface area (Å²) >= 11 is 0. The van der Waals surface area contributed by atoms with Crippen LogP contribution in [-0.2, 0) is 16.2 Å². The Bertz CT molecular complexity index is 1050. The van der Waals surface area contributed by atoms with E-state index in [2.05, 4.69) is 5.32 Å². The largest absolute Gasteiger partial charge is 0.495 e. The molecule has 1 N–H and O–H groups in total. The van der Waals surface area contributed by atoms with Crippen LogP contribution >= 0.6 is 0 Å². The molecule has 1 heterocycles. The Balaban J connectivity index is 1.81. The van der Waals surface area contributed by atoms with Crippen molar-refractivity contribution in [2.45, 2.75) is 36.9 Å². The molecule has 2 aromatic rings. The van der Waals surface area contributed by atoms with Gasteiger partial charge in [-0.05, 0) is 55.7 Å². The first kappa shape index (κ1) is 23.1. The zero-order valence-corrected chi connectivity index (χ0v) is 17.9. The molecule has 0 aliphatic carbocycles. The lowest BCUT2D eigenvalue weighted by Gasteiger charge is -2.19. The van der Waals surface area contributed by atoms with E-state index in [9.17, 15) is 26.4 Å². The fourth-order valence-corrected chi connectivity index (χ4v) is 5.11. The molecule has 1 amide bonds. The number of hydrogen-bond donors (Lipinski definition) is 1. The van der Waals surface area contributed by atoms with Gasteiger partial charge in [-0.3, -0.25) is 4.79 Å². The van der Waals surface area contributed by atoms with Gasteiger partial charge in [0.1, 0.15) is 10.6 Å². The number of carbonyl (C=O) groups excluding carboxylic acids is 1. The molecule has 1 fully saturated rings. The summed E-state index contributed by atoms with van der Waals surface area (Å²) in [5, 5.41) is 2.69. The topological polar surface area (TPSA) is 75.7 Å². The maximum Gasteiger partial charge on any atom is 0.416 e. The van der Waals surface area contributed by atoms with Crippen LogP contribution in [0.4, 0.5) is 13.2 Å². The number of ether oxygens (including phenoxy) is 1. The van der Waals surface area contributed by atoms with E-state index in [1.165, 1.54) is 41.7 Å². The van der Waals surface area contributed by atoms with Gasteiger partial charge in [-0.15, -0.1) is 0 Å². The van der Waals surface area contributed by atoms with Crippen LogP contribution in [0.2, 0.25) is 0 Å². The number of carbonyl (C=O) groups is 1. The second kappa shape index (κ2) is 8.88. The van der Waals surface area contributed by atoms with Gasteiger partial charge in [-0.2, -0.15) is 17.5 Å². The van der Waals surface area contributed by atoms with Crippen molar-refractivity contribution in [1.82, 2.24) is 9.62 Å². The van der Waals surface area contributed by atoms with E-state index in [0.717, 1.165) is 25.0 Å². The summed E-state index contributed by atoms with van der Waals surface area (Å²) in [6.07, 6.45) is -2.90. The fourth-order valence-electron chi connectivity index (χ4n) is 3.41. The molecule has 0 aromatic heterocycles. The van der Waals surface area contributed by atoms with Crippen molar-refractivity contribution in [1.29, 1.82) is 0 Å². The first-order valence-electron chi connectivity index (χ1n) is 9.70. The lowest BCUT2D eigenvalue weighted by molar-refractivity contribution is -0.137. The Labute approximate surface area is 179 Å². The van der Waals surface area contributed by atoms with E-state index in [1.807, 2.05) is 0 Å². The number of amides is 1. The minimum atomic E-state index is -4.44. The maximum absolute atomic E-state index is 13.0. The van der Waals surface area contributed by atoms with E-state index >= 15 is 0 Å². The molecule has 2 aromatic carbocycles. The quantitative estimate of drug-likeness (QED) is 0.713. The smallest absolute Gasteiger partial charge is 0.416 e. The summed E-state index contributed by atoms with van der Waals surface area (Å²) < 4.78 is 70.7. The van der Waals surface area contributed by atoms with Gasteiger partial charge in [0.05, 0.1) is 18.7 Å². The molecule has 10 heteroatoms. The van der Waals surface area contributed by atoms with Crippen molar-refractivity contribution in [3.05, 3.63) is 59.2 Å². The van der Waals surface area contributed by atoms with Gasteiger partial charge >= 0.3 is 6.18 Å². The average Bonchev–Trinajstić information content (AvgIpc) is 3.28. The number of benzene rings is 2.